The fraction of sp³-hybridized carbons (Fsp3) is 1.00. The van der Waals surface area contributed by atoms with Crippen molar-refractivity contribution in [1.29, 1.82) is 0 Å². The first-order valence-electron chi connectivity index (χ1n) is 1.02. The van der Waals surface area contributed by atoms with Gasteiger partial charge in [-0.1, -0.05) is 0 Å². The van der Waals surface area contributed by atoms with Crippen LogP contribution < -0.4 is 24.8 Å². The van der Waals surface area contributed by atoms with Gasteiger partial charge in [0, 0.05) is 6.61 Å². The van der Waals surface area contributed by atoms with Crippen LogP contribution >= 0.6 is 0 Å². The maximum absolute atomic E-state index is 7.57. The molecule has 40 valence electrons. The summed E-state index contributed by atoms with van der Waals surface area (Å²) in [4.78, 5) is 0. The average molecular weight is 169 g/mol. The zero-order chi connectivity index (χ0) is 2.71. The molecule has 0 heterocycles. The third-order valence-electron chi connectivity index (χ3n) is 0. The maximum atomic E-state index is 7.57. The topological polar surface area (TPSA) is 20.2 Å². The largest absolute Gasteiger partial charge is 2.00 e. The number of aliphatic hydroxyl groups is 1. The fourth-order valence-corrected chi connectivity index (χ4v) is 0. The van der Waals surface area contributed by atoms with Crippen LogP contribution in [-0.4, -0.2) is 11.7 Å². The van der Waals surface area contributed by atoms with Gasteiger partial charge in [-0.3, -0.25) is 0 Å². The van der Waals surface area contributed by atoms with Gasteiger partial charge in [0.05, 0.1) is 0 Å². The number of hydrogen-bond acceptors (Lipinski definition) is 1. The third-order valence-corrected chi connectivity index (χ3v) is 0. The normalized spacial score (nSPS) is 3.00. The van der Waals surface area contributed by atoms with E-state index < -0.39 is 0 Å². The van der Waals surface area contributed by atoms with Gasteiger partial charge in [-0.2, -0.15) is 0 Å². The van der Waals surface area contributed by atoms with Crippen molar-refractivity contribution in [3.05, 3.63) is 0 Å². The van der Waals surface area contributed by atoms with Gasteiger partial charge >= 0.3 is 17.4 Å². The molecule has 0 unspecified atom stereocenters. The smallest absolute Gasteiger partial charge is 1.00 e. The van der Waals surface area contributed by atoms with Crippen LogP contribution in [0.4, 0.5) is 0 Å². The first-order valence-corrected chi connectivity index (χ1v) is 1.02. The molecule has 0 aliphatic rings. The summed E-state index contributed by atoms with van der Waals surface area (Å²) >= 11 is 0. The van der Waals surface area contributed by atoms with E-state index in [9.17, 15) is 0 Å². The van der Waals surface area contributed by atoms with Crippen molar-refractivity contribution in [3.8, 4) is 0 Å². The first kappa shape index (κ1) is 27.6. The van der Waals surface area contributed by atoms with Crippen molar-refractivity contribution in [2.45, 2.75) is 6.92 Å². The Hall–Kier alpha value is 1.07. The van der Waals surface area contributed by atoms with Crippen LogP contribution in [-0.2, 0) is 17.4 Å². The van der Waals surface area contributed by atoms with Gasteiger partial charge in [-0.15, -0.1) is 0 Å². The molecule has 0 saturated heterocycles. The Bertz CT molecular complexity index is 11.5. The van der Waals surface area contributed by atoms with Crippen LogP contribution in [0.2, 0.25) is 0 Å². The van der Waals surface area contributed by atoms with Gasteiger partial charge in [0.1, 0.15) is 0 Å². The van der Waals surface area contributed by atoms with E-state index in [1.165, 1.54) is 0 Å². The predicted octanol–water partition coefficient (Wildman–Crippen LogP) is -6.00. The summed E-state index contributed by atoms with van der Waals surface area (Å²) in [7, 11) is 0. The van der Waals surface area contributed by atoms with Crippen molar-refractivity contribution in [2.75, 3.05) is 6.61 Å². The Morgan fingerprint density at radius 3 is 1.33 bits per heavy atom. The maximum Gasteiger partial charge on any atom is 2.00 e. The summed E-state index contributed by atoms with van der Waals surface area (Å²) in [5.74, 6) is 0. The third kappa shape index (κ3) is 73.1. The van der Waals surface area contributed by atoms with Crippen LogP contribution in [0, 0.1) is 0 Å². The van der Waals surface area contributed by atoms with Gasteiger partial charge in [-0.05, 0) is 6.92 Å². The number of rotatable bonds is 0. The van der Waals surface area contributed by atoms with E-state index >= 15 is 0 Å². The molecule has 6 heavy (non-hydrogen) atoms. The van der Waals surface area contributed by atoms with Gasteiger partial charge in [0.25, 0.3) is 0 Å². The van der Waals surface area contributed by atoms with Crippen LogP contribution in [0.1, 0.15) is 6.92 Å². The van der Waals surface area contributed by atoms with Crippen LogP contribution in [0.3, 0.4) is 0 Å². The molecular weight excluding hydrogens is 163 g/mol. The molecule has 1 N–H and O–H groups in total. The van der Waals surface area contributed by atoms with Crippen LogP contribution in [0.25, 0.3) is 0 Å². The zero-order valence-electron chi connectivity index (χ0n) is 3.32. The molecule has 0 bridgehead atoms. The van der Waals surface area contributed by atoms with E-state index in [1.54, 1.807) is 6.92 Å². The predicted molar refractivity (Wildman–Crippen MR) is 12.8 cm³/mol. The minimum Gasteiger partial charge on any atom is -1.00 e. The second-order valence-electron chi connectivity index (χ2n) is 0.316. The van der Waals surface area contributed by atoms with Gasteiger partial charge in [0.15, 0.2) is 0 Å². The van der Waals surface area contributed by atoms with Crippen LogP contribution in [0.15, 0.2) is 0 Å². The summed E-state index contributed by atoms with van der Waals surface area (Å²) in [6, 6.07) is 0. The van der Waals surface area contributed by atoms with E-state index in [0.29, 0.717) is 0 Å². The number of aliphatic hydroxyl groups excluding tert-OH is 1. The Morgan fingerprint density at radius 1 is 1.33 bits per heavy atom. The molecule has 1 nitrogen and oxygen atoms in total. The van der Waals surface area contributed by atoms with Crippen molar-refractivity contribution in [2.24, 2.45) is 0 Å². The van der Waals surface area contributed by atoms with E-state index in [0.717, 1.165) is 0 Å². The van der Waals surface area contributed by atoms with Gasteiger partial charge in [-0.25, -0.2) is 0 Å². The Labute approximate surface area is 61.1 Å². The summed E-state index contributed by atoms with van der Waals surface area (Å²) in [5.41, 5.74) is 0. The number of halogens is 2. The molecule has 0 aromatic rings. The quantitative estimate of drug-likeness (QED) is 0.382. The Morgan fingerprint density at radius 2 is 1.33 bits per heavy atom. The van der Waals surface area contributed by atoms with Crippen molar-refractivity contribution >= 4 is 0 Å². The monoisotopic (exact) mass is 168 g/mol. The molecule has 0 aromatic carbocycles. The number of hydrogen-bond donors (Lipinski definition) is 1. The molecule has 4 heteroatoms. The summed E-state index contributed by atoms with van der Waals surface area (Å²) in [6.07, 6.45) is 0. The van der Waals surface area contributed by atoms with E-state index in [-0.39, 0.29) is 48.8 Å². The molecule has 0 amide bonds. The molecule has 0 aromatic heterocycles. The van der Waals surface area contributed by atoms with Gasteiger partial charge in [0.2, 0.25) is 0 Å². The Balaban J connectivity index is -0.00000000667. The Kier molecular flexibility index (Phi) is 167. The van der Waals surface area contributed by atoms with Gasteiger partial charge < -0.3 is 29.9 Å². The van der Waals surface area contributed by atoms with E-state index in [4.69, 9.17) is 5.11 Å². The summed E-state index contributed by atoms with van der Waals surface area (Å²) in [5, 5.41) is 7.57. The first-order chi connectivity index (χ1) is 1.41. The van der Waals surface area contributed by atoms with Crippen molar-refractivity contribution in [1.82, 2.24) is 0 Å². The molecule has 0 atom stereocenters. The minimum atomic E-state index is 0. The molecule has 0 fully saturated rings. The second kappa shape index (κ2) is 36.4. The second-order valence-corrected chi connectivity index (χ2v) is 0.316. The average Bonchev–Trinajstić information content (AvgIpc) is 0.918. The molecule has 0 saturated carbocycles. The fourth-order valence-electron chi connectivity index (χ4n) is 0. The molecule has 0 rings (SSSR count). The molecule has 0 radical (unpaired) electrons. The van der Waals surface area contributed by atoms with Crippen molar-refractivity contribution < 1.29 is 47.3 Å². The molecule has 0 spiro atoms. The minimum absolute atomic E-state index is 0. The molecule has 0 aliphatic heterocycles. The van der Waals surface area contributed by atoms with Crippen LogP contribution in [0.5, 0.6) is 0 Å². The van der Waals surface area contributed by atoms with E-state index in [2.05, 4.69) is 0 Å². The summed E-state index contributed by atoms with van der Waals surface area (Å²) < 4.78 is 0. The van der Waals surface area contributed by atoms with Crippen molar-refractivity contribution in [3.63, 3.8) is 0 Å². The summed E-state index contributed by atoms with van der Waals surface area (Å²) in [6.45, 7) is 1.93. The standard InChI is InChI=1S/C2H6O.2ClH.Cr/c1-2-3;;;/h3H,2H2,1H3;2*1H;/q;;;+2/p-2. The zero-order valence-corrected chi connectivity index (χ0v) is 6.11. The molecule has 0 aliphatic carbocycles. The SMILES string of the molecule is CCO.[Cl-].[Cl-].[Cr+2]. The molecular formula is C2H6Cl2CrO. The van der Waals surface area contributed by atoms with E-state index in [1.807, 2.05) is 0 Å².